The van der Waals surface area contributed by atoms with E-state index in [9.17, 15) is 4.79 Å². The molecule has 20 heavy (non-hydrogen) atoms. The number of H-pyrrole nitrogens is 1. The second-order valence-electron chi connectivity index (χ2n) is 4.74. The van der Waals surface area contributed by atoms with Crippen molar-refractivity contribution >= 4 is 32.7 Å². The molecule has 3 rings (SSSR count). The van der Waals surface area contributed by atoms with Crippen LogP contribution in [0.25, 0.3) is 22.0 Å². The fraction of sp³-hybridized carbons (Fsp3) is 0.0625. The number of nitrogens with two attached hydrogens (primary N) is 1. The van der Waals surface area contributed by atoms with Gasteiger partial charge in [-0.15, -0.1) is 0 Å². The smallest absolute Gasteiger partial charge is 0.221 e. The van der Waals surface area contributed by atoms with Gasteiger partial charge in [-0.1, -0.05) is 34.1 Å². The molecule has 0 aliphatic carbocycles. The van der Waals surface area contributed by atoms with Crippen LogP contribution in [0.5, 0.6) is 0 Å². The fourth-order valence-corrected chi connectivity index (χ4v) is 2.99. The minimum absolute atomic E-state index is 0.246. The summed E-state index contributed by atoms with van der Waals surface area (Å²) >= 11 is 3.50. The molecule has 3 nitrogen and oxygen atoms in total. The molecule has 0 aliphatic heterocycles. The molecule has 0 atom stereocenters. The number of halogens is 1. The SMILES string of the molecule is NC(=O)Cc1cc(Br)cc(-c2cccc3[nH]ccc23)c1. The standard InChI is InChI=1S/C16H13BrN2O/c17-12-7-10(8-16(18)20)6-11(9-12)13-2-1-3-15-14(13)4-5-19-15/h1-7,9,19H,8H2,(H2,18,20). The summed E-state index contributed by atoms with van der Waals surface area (Å²) in [5.74, 6) is -0.325. The zero-order valence-corrected chi connectivity index (χ0v) is 12.3. The van der Waals surface area contributed by atoms with Crippen molar-refractivity contribution in [3.63, 3.8) is 0 Å². The predicted molar refractivity (Wildman–Crippen MR) is 84.3 cm³/mol. The number of rotatable bonds is 3. The first-order chi connectivity index (χ1) is 9.63. The summed E-state index contributed by atoms with van der Waals surface area (Å²) in [5, 5.41) is 1.16. The summed E-state index contributed by atoms with van der Waals surface area (Å²) in [6.45, 7) is 0. The van der Waals surface area contributed by atoms with E-state index in [0.29, 0.717) is 0 Å². The average Bonchev–Trinajstić information content (AvgIpc) is 2.84. The topological polar surface area (TPSA) is 58.9 Å². The summed E-state index contributed by atoms with van der Waals surface area (Å²) in [6, 6.07) is 14.2. The van der Waals surface area contributed by atoms with Gasteiger partial charge in [-0.05, 0) is 41.0 Å². The van der Waals surface area contributed by atoms with Gasteiger partial charge in [0.25, 0.3) is 0 Å². The Morgan fingerprint density at radius 2 is 2.05 bits per heavy atom. The number of aromatic amines is 1. The first kappa shape index (κ1) is 12.9. The van der Waals surface area contributed by atoms with E-state index in [1.165, 1.54) is 0 Å². The molecule has 0 bridgehead atoms. The van der Waals surface area contributed by atoms with Crippen LogP contribution in [0.2, 0.25) is 0 Å². The Balaban J connectivity index is 2.16. The molecule has 1 heterocycles. The van der Waals surface area contributed by atoms with Crippen LogP contribution in [-0.2, 0) is 11.2 Å². The number of carbonyl (C=O) groups is 1. The van der Waals surface area contributed by atoms with E-state index in [1.54, 1.807) is 0 Å². The van der Waals surface area contributed by atoms with E-state index in [1.807, 2.05) is 36.5 Å². The third-order valence-corrected chi connectivity index (χ3v) is 3.70. The molecule has 2 aromatic carbocycles. The Bertz CT molecular complexity index is 792. The van der Waals surface area contributed by atoms with E-state index in [2.05, 4.69) is 33.0 Å². The molecule has 0 unspecified atom stereocenters. The van der Waals surface area contributed by atoms with Gasteiger partial charge in [0, 0.05) is 21.6 Å². The summed E-state index contributed by atoms with van der Waals surface area (Å²) in [4.78, 5) is 14.3. The average molecular weight is 329 g/mol. The number of aromatic nitrogens is 1. The first-order valence-corrected chi connectivity index (χ1v) is 7.07. The van der Waals surface area contributed by atoms with Crippen LogP contribution in [0.3, 0.4) is 0 Å². The summed E-state index contributed by atoms with van der Waals surface area (Å²) in [5.41, 5.74) is 9.49. The lowest BCUT2D eigenvalue weighted by atomic mass is 9.99. The second-order valence-corrected chi connectivity index (χ2v) is 5.65. The maximum Gasteiger partial charge on any atom is 0.221 e. The van der Waals surface area contributed by atoms with Gasteiger partial charge in [0.2, 0.25) is 5.91 Å². The lowest BCUT2D eigenvalue weighted by Gasteiger charge is -2.08. The highest BCUT2D eigenvalue weighted by molar-refractivity contribution is 9.10. The van der Waals surface area contributed by atoms with E-state index in [-0.39, 0.29) is 12.3 Å². The van der Waals surface area contributed by atoms with E-state index >= 15 is 0 Å². The summed E-state index contributed by atoms with van der Waals surface area (Å²) < 4.78 is 0.943. The maximum absolute atomic E-state index is 11.1. The largest absolute Gasteiger partial charge is 0.369 e. The molecule has 3 N–H and O–H groups in total. The normalized spacial score (nSPS) is 10.8. The van der Waals surface area contributed by atoms with Crippen LogP contribution in [-0.4, -0.2) is 10.9 Å². The van der Waals surface area contributed by atoms with Crippen molar-refractivity contribution in [2.24, 2.45) is 5.73 Å². The van der Waals surface area contributed by atoms with Crippen molar-refractivity contribution < 1.29 is 4.79 Å². The van der Waals surface area contributed by atoms with Crippen molar-refractivity contribution in [1.82, 2.24) is 4.98 Å². The van der Waals surface area contributed by atoms with Gasteiger partial charge in [0.1, 0.15) is 0 Å². The number of hydrogen-bond acceptors (Lipinski definition) is 1. The number of hydrogen-bond donors (Lipinski definition) is 2. The number of carbonyl (C=O) groups excluding carboxylic acids is 1. The van der Waals surface area contributed by atoms with Crippen molar-refractivity contribution in [3.05, 3.63) is 58.7 Å². The summed E-state index contributed by atoms with van der Waals surface area (Å²) in [7, 11) is 0. The highest BCUT2D eigenvalue weighted by Gasteiger charge is 2.08. The molecular formula is C16H13BrN2O. The number of nitrogens with one attached hydrogen (secondary N) is 1. The molecule has 4 heteroatoms. The van der Waals surface area contributed by atoms with Crippen molar-refractivity contribution in [3.8, 4) is 11.1 Å². The Morgan fingerprint density at radius 3 is 2.85 bits per heavy atom. The third kappa shape index (κ3) is 2.47. The zero-order valence-electron chi connectivity index (χ0n) is 10.7. The lowest BCUT2D eigenvalue weighted by Crippen LogP contribution is -2.13. The molecule has 0 spiro atoms. The zero-order chi connectivity index (χ0) is 14.1. The molecule has 100 valence electrons. The minimum atomic E-state index is -0.325. The molecule has 0 fully saturated rings. The van der Waals surface area contributed by atoms with Crippen molar-refractivity contribution in [2.75, 3.05) is 0 Å². The fourth-order valence-electron chi connectivity index (χ4n) is 2.45. The molecule has 1 aromatic heterocycles. The van der Waals surface area contributed by atoms with Crippen LogP contribution in [0.4, 0.5) is 0 Å². The second kappa shape index (κ2) is 5.13. The minimum Gasteiger partial charge on any atom is -0.369 e. The van der Waals surface area contributed by atoms with Crippen LogP contribution in [0.1, 0.15) is 5.56 Å². The predicted octanol–water partition coefficient (Wildman–Crippen LogP) is 3.63. The highest BCUT2D eigenvalue weighted by atomic mass is 79.9. The van der Waals surface area contributed by atoms with Crippen LogP contribution in [0.15, 0.2) is 53.1 Å². The molecule has 3 aromatic rings. The van der Waals surface area contributed by atoms with Crippen molar-refractivity contribution in [1.29, 1.82) is 0 Å². The Morgan fingerprint density at radius 1 is 1.20 bits per heavy atom. The van der Waals surface area contributed by atoms with Gasteiger partial charge >= 0.3 is 0 Å². The highest BCUT2D eigenvalue weighted by Crippen LogP contribution is 2.31. The molecule has 0 radical (unpaired) electrons. The monoisotopic (exact) mass is 328 g/mol. The quantitative estimate of drug-likeness (QED) is 0.757. The van der Waals surface area contributed by atoms with Crippen LogP contribution < -0.4 is 5.73 Å². The molecular weight excluding hydrogens is 316 g/mol. The van der Waals surface area contributed by atoms with Crippen LogP contribution >= 0.6 is 15.9 Å². The van der Waals surface area contributed by atoms with Gasteiger partial charge in [-0.25, -0.2) is 0 Å². The molecule has 0 saturated carbocycles. The Kier molecular flexibility index (Phi) is 3.32. The number of benzene rings is 2. The lowest BCUT2D eigenvalue weighted by molar-refractivity contribution is -0.117. The maximum atomic E-state index is 11.1. The Labute approximate surface area is 124 Å². The van der Waals surface area contributed by atoms with Gasteiger partial charge < -0.3 is 10.7 Å². The van der Waals surface area contributed by atoms with Gasteiger partial charge in [0.15, 0.2) is 0 Å². The Hall–Kier alpha value is -2.07. The first-order valence-electron chi connectivity index (χ1n) is 6.28. The number of amides is 1. The number of primary amides is 1. The van der Waals surface area contributed by atoms with Crippen LogP contribution in [0, 0.1) is 0 Å². The third-order valence-electron chi connectivity index (χ3n) is 3.24. The summed E-state index contributed by atoms with van der Waals surface area (Å²) in [6.07, 6.45) is 2.17. The van der Waals surface area contributed by atoms with Gasteiger partial charge in [-0.2, -0.15) is 0 Å². The molecule has 0 aliphatic rings. The number of fused-ring (bicyclic) bond motifs is 1. The van der Waals surface area contributed by atoms with E-state index in [4.69, 9.17) is 5.73 Å². The molecule has 1 amide bonds. The van der Waals surface area contributed by atoms with E-state index in [0.717, 1.165) is 32.1 Å². The van der Waals surface area contributed by atoms with Gasteiger partial charge in [-0.3, -0.25) is 4.79 Å². The van der Waals surface area contributed by atoms with E-state index < -0.39 is 0 Å². The van der Waals surface area contributed by atoms with Crippen molar-refractivity contribution in [2.45, 2.75) is 6.42 Å². The van der Waals surface area contributed by atoms with Gasteiger partial charge in [0.05, 0.1) is 6.42 Å². The molecule has 0 saturated heterocycles.